The lowest BCUT2D eigenvalue weighted by Crippen LogP contribution is -2.05. The molecule has 0 aliphatic carbocycles. The molecule has 6 heteroatoms. The molecule has 26 heavy (non-hydrogen) atoms. The van der Waals surface area contributed by atoms with E-state index in [1.54, 1.807) is 24.3 Å². The van der Waals surface area contributed by atoms with E-state index < -0.39 is 0 Å². The third-order valence-corrected chi connectivity index (χ3v) is 3.70. The molecule has 1 aromatic heterocycles. The molecule has 3 aromatic rings. The summed E-state index contributed by atoms with van der Waals surface area (Å²) in [6.45, 7) is 0. The number of ether oxygens (including phenoxy) is 3. The second-order valence-corrected chi connectivity index (χ2v) is 5.41. The third kappa shape index (κ3) is 4.16. The molecule has 0 bridgehead atoms. The zero-order valence-electron chi connectivity index (χ0n) is 14.5. The maximum Gasteiger partial charge on any atom is 0.328 e. The van der Waals surface area contributed by atoms with Gasteiger partial charge in [-0.15, -0.1) is 0 Å². The van der Waals surface area contributed by atoms with Gasteiger partial charge in [-0.2, -0.15) is 9.97 Å². The van der Waals surface area contributed by atoms with Crippen molar-refractivity contribution in [1.29, 1.82) is 0 Å². The third-order valence-electron chi connectivity index (χ3n) is 3.70. The van der Waals surface area contributed by atoms with Gasteiger partial charge in [0.05, 0.1) is 20.3 Å². The van der Waals surface area contributed by atoms with Crippen molar-refractivity contribution in [2.75, 3.05) is 14.2 Å². The number of Topliss-reactive ketones (excluding diaryl/α,β-unsaturated/α-hetero) is 1. The average Bonchev–Trinajstić information content (AvgIpc) is 2.69. The zero-order valence-corrected chi connectivity index (χ0v) is 14.5. The number of rotatable bonds is 7. The van der Waals surface area contributed by atoms with Gasteiger partial charge >= 0.3 is 6.01 Å². The smallest absolute Gasteiger partial charge is 0.328 e. The zero-order chi connectivity index (χ0) is 18.4. The predicted molar refractivity (Wildman–Crippen MR) is 96.1 cm³/mol. The summed E-state index contributed by atoms with van der Waals surface area (Å²) >= 11 is 0. The summed E-state index contributed by atoms with van der Waals surface area (Å²) in [4.78, 5) is 20.8. The van der Waals surface area contributed by atoms with Gasteiger partial charge in [-0.05, 0) is 6.07 Å². The number of nitrogens with zero attached hydrogens (tertiary/aromatic N) is 2. The quantitative estimate of drug-likeness (QED) is 0.605. The van der Waals surface area contributed by atoms with Crippen molar-refractivity contribution in [2.45, 2.75) is 6.42 Å². The minimum Gasteiger partial charge on any atom is -0.481 e. The number of carbonyl (C=O) groups is 1. The Morgan fingerprint density at radius 3 is 2.15 bits per heavy atom. The summed E-state index contributed by atoms with van der Waals surface area (Å²) < 4.78 is 16.0. The van der Waals surface area contributed by atoms with Crippen LogP contribution in [0.15, 0.2) is 60.7 Å². The molecule has 6 nitrogen and oxygen atoms in total. The fourth-order valence-corrected chi connectivity index (χ4v) is 2.39. The molecule has 0 N–H and O–H groups in total. The van der Waals surface area contributed by atoms with Crippen LogP contribution in [0.5, 0.6) is 23.5 Å². The van der Waals surface area contributed by atoms with Crippen molar-refractivity contribution in [3.05, 3.63) is 71.8 Å². The second kappa shape index (κ2) is 8.11. The molecule has 0 aliphatic rings. The van der Waals surface area contributed by atoms with Crippen LogP contribution in [0, 0.1) is 0 Å². The first-order valence-corrected chi connectivity index (χ1v) is 8.00. The van der Waals surface area contributed by atoms with Crippen molar-refractivity contribution in [2.24, 2.45) is 0 Å². The van der Waals surface area contributed by atoms with Gasteiger partial charge in [-0.1, -0.05) is 48.5 Å². The lowest BCUT2D eigenvalue weighted by Gasteiger charge is -2.11. The molecule has 1 heterocycles. The summed E-state index contributed by atoms with van der Waals surface area (Å²) in [5.74, 6) is 1.16. The van der Waals surface area contributed by atoms with Crippen LogP contribution in [0.25, 0.3) is 0 Å². The van der Waals surface area contributed by atoms with Gasteiger partial charge in [-0.3, -0.25) is 4.79 Å². The molecular formula is C20H18N2O4. The van der Waals surface area contributed by atoms with Gasteiger partial charge in [0.15, 0.2) is 5.78 Å². The minimum atomic E-state index is 0.00536. The molecule has 0 amide bonds. The van der Waals surface area contributed by atoms with E-state index in [-0.39, 0.29) is 18.2 Å². The van der Waals surface area contributed by atoms with Gasteiger partial charge < -0.3 is 14.2 Å². The van der Waals surface area contributed by atoms with E-state index in [0.717, 1.165) is 5.56 Å². The fraction of sp³-hybridized carbons (Fsp3) is 0.150. The molecule has 0 spiro atoms. The molecule has 2 aromatic carbocycles. The topological polar surface area (TPSA) is 70.5 Å². The van der Waals surface area contributed by atoms with Gasteiger partial charge in [0.2, 0.25) is 11.8 Å². The van der Waals surface area contributed by atoms with Crippen LogP contribution >= 0.6 is 0 Å². The summed E-state index contributed by atoms with van der Waals surface area (Å²) in [5.41, 5.74) is 1.40. The largest absolute Gasteiger partial charge is 0.481 e. The molecule has 0 fully saturated rings. The van der Waals surface area contributed by atoms with Crippen LogP contribution in [-0.2, 0) is 6.42 Å². The first kappa shape index (κ1) is 17.4. The van der Waals surface area contributed by atoms with E-state index in [9.17, 15) is 4.79 Å². The first-order valence-electron chi connectivity index (χ1n) is 8.00. The first-order chi connectivity index (χ1) is 12.7. The van der Waals surface area contributed by atoms with E-state index >= 15 is 0 Å². The molecule has 0 aliphatic heterocycles. The molecule has 0 unspecified atom stereocenters. The van der Waals surface area contributed by atoms with Gasteiger partial charge in [0.1, 0.15) is 5.75 Å². The highest BCUT2D eigenvalue weighted by atomic mass is 16.5. The number of ketones is 1. The minimum absolute atomic E-state index is 0.00536. The molecule has 0 saturated heterocycles. The lowest BCUT2D eigenvalue weighted by atomic mass is 10.0. The number of methoxy groups -OCH3 is 2. The van der Waals surface area contributed by atoms with E-state index in [4.69, 9.17) is 14.2 Å². The SMILES string of the molecule is COc1cc(OC)nc(Oc2ccccc2CC(=O)c2ccccc2)n1. The number of carbonyl (C=O) groups excluding carboxylic acids is 1. The van der Waals surface area contributed by atoms with Gasteiger partial charge in [-0.25, -0.2) is 0 Å². The number of hydrogen-bond donors (Lipinski definition) is 0. The number of para-hydroxylation sites is 1. The standard InChI is InChI=1S/C20H18N2O4/c1-24-18-13-19(25-2)22-20(21-18)26-17-11-7-6-10-15(17)12-16(23)14-8-4-3-5-9-14/h3-11,13H,12H2,1-2H3. The van der Waals surface area contributed by atoms with E-state index in [0.29, 0.717) is 23.1 Å². The number of benzene rings is 2. The Morgan fingerprint density at radius 1 is 0.885 bits per heavy atom. The maximum atomic E-state index is 12.5. The Balaban J connectivity index is 1.85. The fourth-order valence-electron chi connectivity index (χ4n) is 2.39. The highest BCUT2D eigenvalue weighted by Crippen LogP contribution is 2.27. The van der Waals surface area contributed by atoms with E-state index in [1.807, 2.05) is 36.4 Å². The predicted octanol–water partition coefficient (Wildman–Crippen LogP) is 3.71. The van der Waals surface area contributed by atoms with Crippen molar-refractivity contribution < 1.29 is 19.0 Å². The summed E-state index contributed by atoms with van der Waals surface area (Å²) in [6, 6.07) is 18.1. The molecular weight excluding hydrogens is 332 g/mol. The monoisotopic (exact) mass is 350 g/mol. The highest BCUT2D eigenvalue weighted by Gasteiger charge is 2.13. The molecule has 0 radical (unpaired) electrons. The van der Waals surface area contributed by atoms with Gasteiger partial charge in [0, 0.05) is 17.5 Å². The van der Waals surface area contributed by atoms with E-state index in [2.05, 4.69) is 9.97 Å². The van der Waals surface area contributed by atoms with Crippen LogP contribution in [0.1, 0.15) is 15.9 Å². The summed E-state index contributed by atoms with van der Waals surface area (Å²) in [6.07, 6.45) is 0.210. The van der Waals surface area contributed by atoms with Gasteiger partial charge in [0.25, 0.3) is 0 Å². The molecule has 0 atom stereocenters. The van der Waals surface area contributed by atoms with Crippen LogP contribution < -0.4 is 14.2 Å². The second-order valence-electron chi connectivity index (χ2n) is 5.41. The Morgan fingerprint density at radius 2 is 1.50 bits per heavy atom. The highest BCUT2D eigenvalue weighted by molar-refractivity contribution is 5.97. The molecule has 132 valence electrons. The van der Waals surface area contributed by atoms with Crippen molar-refractivity contribution in [3.63, 3.8) is 0 Å². The van der Waals surface area contributed by atoms with Crippen LogP contribution in [0.2, 0.25) is 0 Å². The van der Waals surface area contributed by atoms with Crippen molar-refractivity contribution in [1.82, 2.24) is 9.97 Å². The van der Waals surface area contributed by atoms with Crippen molar-refractivity contribution in [3.8, 4) is 23.5 Å². The normalized spacial score (nSPS) is 10.2. The van der Waals surface area contributed by atoms with Crippen LogP contribution in [-0.4, -0.2) is 30.0 Å². The van der Waals surface area contributed by atoms with Crippen LogP contribution in [0.3, 0.4) is 0 Å². The molecule has 0 saturated carbocycles. The van der Waals surface area contributed by atoms with Crippen molar-refractivity contribution >= 4 is 5.78 Å². The Labute approximate surface area is 151 Å². The summed E-state index contributed by atoms with van der Waals surface area (Å²) in [7, 11) is 3.00. The number of hydrogen-bond acceptors (Lipinski definition) is 6. The van der Waals surface area contributed by atoms with E-state index in [1.165, 1.54) is 14.2 Å². The average molecular weight is 350 g/mol. The summed E-state index contributed by atoms with van der Waals surface area (Å²) in [5, 5.41) is 0. The Bertz CT molecular complexity index is 875. The Hall–Kier alpha value is -3.41. The van der Waals surface area contributed by atoms with Crippen LogP contribution in [0.4, 0.5) is 0 Å². The molecule has 3 rings (SSSR count). The Kier molecular flexibility index (Phi) is 5.43. The number of aromatic nitrogens is 2. The lowest BCUT2D eigenvalue weighted by molar-refractivity contribution is 0.0992. The maximum absolute atomic E-state index is 12.5.